The van der Waals surface area contributed by atoms with E-state index in [0.717, 1.165) is 16.8 Å². The fourth-order valence-corrected chi connectivity index (χ4v) is 8.49. The predicted molar refractivity (Wildman–Crippen MR) is 178 cm³/mol. The van der Waals surface area contributed by atoms with Crippen molar-refractivity contribution in [3.05, 3.63) is 114 Å². The molecule has 2 aliphatic heterocycles. The summed E-state index contributed by atoms with van der Waals surface area (Å²) in [6, 6.07) is 18.4. The summed E-state index contributed by atoms with van der Waals surface area (Å²) in [5.41, 5.74) is 0.914. The molecule has 0 saturated carbocycles. The SMILES string of the molecule is C=CC(c1cccc2ccccc12)S(=O)(=O)N1CCN(c2ccc(F)cc2C)C(C(=O)N2CCN(c3ncccc3C(F)(F)F)CC2)C1. The number of pyridine rings is 1. The van der Waals surface area contributed by atoms with Crippen LogP contribution in [-0.4, -0.2) is 80.4 Å². The van der Waals surface area contributed by atoms with Crippen molar-refractivity contribution in [2.24, 2.45) is 0 Å². The highest BCUT2D eigenvalue weighted by molar-refractivity contribution is 7.89. The highest BCUT2D eigenvalue weighted by atomic mass is 32.2. The van der Waals surface area contributed by atoms with E-state index in [1.165, 1.54) is 39.7 Å². The molecular weight excluding hydrogens is 646 g/mol. The van der Waals surface area contributed by atoms with Crippen LogP contribution in [0.1, 0.15) is 21.9 Å². The second-order valence-electron chi connectivity index (χ2n) is 12.0. The van der Waals surface area contributed by atoms with E-state index in [4.69, 9.17) is 0 Å². The van der Waals surface area contributed by atoms with Gasteiger partial charge in [0.15, 0.2) is 0 Å². The maximum absolute atomic E-state index is 14.3. The number of benzene rings is 3. The van der Waals surface area contributed by atoms with E-state index in [2.05, 4.69) is 11.6 Å². The number of carbonyl (C=O) groups is 1. The summed E-state index contributed by atoms with van der Waals surface area (Å²) in [6.45, 7) is 6.07. The largest absolute Gasteiger partial charge is 0.419 e. The summed E-state index contributed by atoms with van der Waals surface area (Å²) in [5, 5.41) is 0.582. The Labute approximate surface area is 276 Å². The third kappa shape index (κ3) is 6.36. The smallest absolute Gasteiger partial charge is 0.357 e. The van der Waals surface area contributed by atoms with Crippen LogP contribution in [0, 0.1) is 12.7 Å². The van der Waals surface area contributed by atoms with Crippen molar-refractivity contribution < 1.29 is 30.8 Å². The number of amides is 1. The molecule has 4 aromatic rings. The van der Waals surface area contributed by atoms with E-state index in [9.17, 15) is 30.8 Å². The molecule has 252 valence electrons. The van der Waals surface area contributed by atoms with Crippen LogP contribution in [0.2, 0.25) is 0 Å². The summed E-state index contributed by atoms with van der Waals surface area (Å²) in [7, 11) is -4.07. The number of anilines is 2. The Bertz CT molecular complexity index is 1940. The zero-order valence-electron chi connectivity index (χ0n) is 26.3. The topological polar surface area (TPSA) is 77.1 Å². The number of carbonyl (C=O) groups excluding carboxylic acids is 1. The molecule has 2 saturated heterocycles. The Morgan fingerprint density at radius 2 is 1.69 bits per heavy atom. The fraction of sp³-hybridized carbons (Fsp3) is 0.314. The van der Waals surface area contributed by atoms with Gasteiger partial charge in [0, 0.05) is 57.7 Å². The highest BCUT2D eigenvalue weighted by Crippen LogP contribution is 2.37. The third-order valence-corrected chi connectivity index (χ3v) is 11.2. The van der Waals surface area contributed by atoms with Gasteiger partial charge in [-0.1, -0.05) is 48.5 Å². The van der Waals surface area contributed by atoms with Gasteiger partial charge in [-0.2, -0.15) is 17.5 Å². The molecule has 1 aromatic heterocycles. The first kappa shape index (κ1) is 33.4. The van der Waals surface area contributed by atoms with Crippen molar-refractivity contribution >= 4 is 38.2 Å². The first-order chi connectivity index (χ1) is 22.9. The summed E-state index contributed by atoms with van der Waals surface area (Å²) >= 11 is 0. The van der Waals surface area contributed by atoms with E-state index >= 15 is 0 Å². The first-order valence-corrected chi connectivity index (χ1v) is 17.1. The Morgan fingerprint density at radius 1 is 0.958 bits per heavy atom. The van der Waals surface area contributed by atoms with Crippen molar-refractivity contribution in [3.8, 4) is 0 Å². The molecule has 13 heteroatoms. The van der Waals surface area contributed by atoms with Crippen molar-refractivity contribution in [1.82, 2.24) is 14.2 Å². The fourth-order valence-electron chi connectivity index (χ4n) is 6.72. The molecule has 2 fully saturated rings. The zero-order chi connectivity index (χ0) is 34.2. The lowest BCUT2D eigenvalue weighted by Gasteiger charge is -2.45. The molecule has 1 amide bonds. The molecular formula is C35H35F4N5O3S. The summed E-state index contributed by atoms with van der Waals surface area (Å²) < 4.78 is 85.1. The Hall–Kier alpha value is -4.49. The number of rotatable bonds is 7. The van der Waals surface area contributed by atoms with Crippen molar-refractivity contribution in [3.63, 3.8) is 0 Å². The minimum atomic E-state index is -4.59. The third-order valence-electron chi connectivity index (χ3n) is 9.10. The van der Waals surface area contributed by atoms with Gasteiger partial charge in [0.2, 0.25) is 15.9 Å². The van der Waals surface area contributed by atoms with Crippen molar-refractivity contribution in [2.75, 3.05) is 55.6 Å². The maximum Gasteiger partial charge on any atom is 0.419 e. The van der Waals surface area contributed by atoms with Crippen LogP contribution in [-0.2, 0) is 21.0 Å². The predicted octanol–water partition coefficient (Wildman–Crippen LogP) is 5.80. The molecule has 2 aliphatic rings. The quantitative estimate of drug-likeness (QED) is 0.182. The van der Waals surface area contributed by atoms with E-state index in [0.29, 0.717) is 16.8 Å². The average Bonchev–Trinajstić information content (AvgIpc) is 3.08. The number of halogens is 4. The minimum Gasteiger partial charge on any atom is -0.357 e. The zero-order valence-corrected chi connectivity index (χ0v) is 27.1. The van der Waals surface area contributed by atoms with Crippen LogP contribution in [0.25, 0.3) is 10.8 Å². The molecule has 2 atom stereocenters. The van der Waals surface area contributed by atoms with Crippen LogP contribution in [0.3, 0.4) is 0 Å². The molecule has 3 heterocycles. The number of nitrogens with zero attached hydrogens (tertiary/aromatic N) is 5. The number of alkyl halides is 3. The van der Waals surface area contributed by atoms with Gasteiger partial charge in [-0.3, -0.25) is 4.79 Å². The second kappa shape index (κ2) is 13.2. The molecule has 0 spiro atoms. The van der Waals surface area contributed by atoms with E-state index in [1.807, 2.05) is 30.3 Å². The summed E-state index contributed by atoms with van der Waals surface area (Å²) in [5.74, 6) is -0.997. The molecule has 0 aliphatic carbocycles. The average molecular weight is 682 g/mol. The van der Waals surface area contributed by atoms with Crippen LogP contribution in [0.5, 0.6) is 0 Å². The van der Waals surface area contributed by atoms with Gasteiger partial charge in [0.25, 0.3) is 0 Å². The van der Waals surface area contributed by atoms with E-state index in [1.54, 1.807) is 34.9 Å². The van der Waals surface area contributed by atoms with Gasteiger partial charge in [-0.15, -0.1) is 6.58 Å². The molecule has 0 N–H and O–H groups in total. The van der Waals surface area contributed by atoms with Gasteiger partial charge in [0.1, 0.15) is 22.9 Å². The Kier molecular flexibility index (Phi) is 9.18. The summed E-state index contributed by atoms with van der Waals surface area (Å²) in [4.78, 5) is 23.1. The number of aromatic nitrogens is 1. The van der Waals surface area contributed by atoms with Crippen LogP contribution >= 0.6 is 0 Å². The summed E-state index contributed by atoms with van der Waals surface area (Å²) in [6.07, 6.45) is -1.89. The number of piperazine rings is 2. The van der Waals surface area contributed by atoms with Gasteiger partial charge >= 0.3 is 6.18 Å². The van der Waals surface area contributed by atoms with Gasteiger partial charge in [-0.05, 0) is 59.2 Å². The van der Waals surface area contributed by atoms with Crippen molar-refractivity contribution in [2.45, 2.75) is 24.4 Å². The molecule has 2 unspecified atom stereocenters. The lowest BCUT2D eigenvalue weighted by atomic mass is 10.0. The number of hydrogen-bond acceptors (Lipinski definition) is 6. The molecule has 8 nitrogen and oxygen atoms in total. The molecule has 0 radical (unpaired) electrons. The first-order valence-electron chi connectivity index (χ1n) is 15.6. The van der Waals surface area contributed by atoms with Gasteiger partial charge in [0.05, 0.1) is 5.56 Å². The molecule has 6 rings (SSSR count). The lowest BCUT2D eigenvalue weighted by molar-refractivity contribution is -0.138. The van der Waals surface area contributed by atoms with Crippen molar-refractivity contribution in [1.29, 1.82) is 0 Å². The van der Waals surface area contributed by atoms with Gasteiger partial charge in [-0.25, -0.2) is 17.8 Å². The number of hydrogen-bond donors (Lipinski definition) is 0. The molecule has 48 heavy (non-hydrogen) atoms. The number of sulfonamides is 1. The van der Waals surface area contributed by atoms with Crippen LogP contribution in [0.4, 0.5) is 29.1 Å². The molecule has 0 bridgehead atoms. The van der Waals surface area contributed by atoms with E-state index < -0.39 is 38.9 Å². The maximum atomic E-state index is 14.3. The normalized spacial score (nSPS) is 18.6. The lowest BCUT2D eigenvalue weighted by Crippen LogP contribution is -2.63. The number of aryl methyl sites for hydroxylation is 1. The van der Waals surface area contributed by atoms with E-state index in [-0.39, 0.29) is 57.5 Å². The number of fused-ring (bicyclic) bond motifs is 1. The monoisotopic (exact) mass is 681 g/mol. The second-order valence-corrected chi connectivity index (χ2v) is 14.0. The molecule has 3 aromatic carbocycles. The van der Waals surface area contributed by atoms with Gasteiger partial charge < -0.3 is 14.7 Å². The van der Waals surface area contributed by atoms with Crippen LogP contribution in [0.15, 0.2) is 91.6 Å². The Morgan fingerprint density at radius 3 is 2.40 bits per heavy atom. The Balaban J connectivity index is 1.29. The highest BCUT2D eigenvalue weighted by Gasteiger charge is 2.43. The standard InChI is InChI=1S/C35H35F4N5O3S/c1-3-32(28-11-6-9-25-8-4-5-10-27(25)28)48(46,47)43-20-21-44(30-14-13-26(36)22-24(30)2)31(23-43)34(45)42-18-16-41(17-19-42)33-29(35(37,38)39)12-7-15-40-33/h3-15,22,31-32H,1,16-21,23H2,2H3. The minimum absolute atomic E-state index is 0.0751. The van der Waals surface area contributed by atoms with Crippen LogP contribution < -0.4 is 9.80 Å².